The molecule has 5 aliphatic rings. The first-order valence-corrected chi connectivity index (χ1v) is 17.0. The Labute approximate surface area is 284 Å². The van der Waals surface area contributed by atoms with Crippen molar-refractivity contribution in [3.05, 3.63) is 52.0 Å². The van der Waals surface area contributed by atoms with Crippen molar-refractivity contribution in [2.24, 2.45) is 11.8 Å². The van der Waals surface area contributed by atoms with Crippen LogP contribution in [0.25, 0.3) is 0 Å². The van der Waals surface area contributed by atoms with E-state index >= 15 is 0 Å². The van der Waals surface area contributed by atoms with Gasteiger partial charge in [-0.1, -0.05) is 31.9 Å². The van der Waals surface area contributed by atoms with Crippen molar-refractivity contribution in [1.82, 2.24) is 15.1 Å². The molecule has 1 aromatic rings. The van der Waals surface area contributed by atoms with Gasteiger partial charge < -0.3 is 40.0 Å². The minimum atomic E-state index is -2.98. The maximum Gasteiger partial charge on any atom is 0.305 e. The fraction of sp³-hybridized carbons (Fsp3) is 0.600. The lowest BCUT2D eigenvalue weighted by molar-refractivity contribution is -0.182. The number of esters is 1. The standard InChI is InChI=1S/C35H45N3O11/c1-4-22(40)49-31-24-20(16-48-18-8-5-6-9-18)19-10-7-11-21(39)23(19)29(41)25(24)32(43)35(46)27(31)28(37(2)3)30(42)26(33(35)44)34(45)36-17-38-12-14-47-15-13-38/h7,10-11,18,20,24,27-28,31,39,42-43,46H,4-6,8-9,12-17H2,1-3H3,(H,36,45)/t20-,24+,27+,28-,31-,35-/m1/s1. The van der Waals surface area contributed by atoms with Crippen LogP contribution in [-0.4, -0.2) is 131 Å². The summed E-state index contributed by atoms with van der Waals surface area (Å²) >= 11 is 0. The fourth-order valence-electron chi connectivity index (χ4n) is 8.26. The third kappa shape index (κ3) is 5.92. The number of carbonyl (C=O) groups is 4. The van der Waals surface area contributed by atoms with Crippen LogP contribution in [0, 0.1) is 11.8 Å². The minimum Gasteiger partial charge on any atom is -0.510 e. The number of Topliss-reactive ketones (excluding diaryl/α,β-unsaturated/α-hetero) is 2. The Bertz CT molecular complexity index is 1580. The van der Waals surface area contributed by atoms with E-state index in [-0.39, 0.29) is 37.1 Å². The van der Waals surface area contributed by atoms with E-state index in [0.29, 0.717) is 31.9 Å². The monoisotopic (exact) mass is 683 g/mol. The Hall–Kier alpha value is -3.82. The molecule has 5 N–H and O–H groups in total. The first-order valence-electron chi connectivity index (χ1n) is 17.0. The summed E-state index contributed by atoms with van der Waals surface area (Å²) in [5, 5.41) is 49.9. The third-order valence-electron chi connectivity index (χ3n) is 10.7. The molecule has 14 heteroatoms. The molecule has 14 nitrogen and oxygen atoms in total. The van der Waals surface area contributed by atoms with Crippen molar-refractivity contribution < 1.29 is 53.8 Å². The summed E-state index contributed by atoms with van der Waals surface area (Å²) in [5.74, 6) is -9.44. The van der Waals surface area contributed by atoms with E-state index in [2.05, 4.69) is 5.32 Å². The van der Waals surface area contributed by atoms with Crippen LogP contribution in [0.3, 0.4) is 0 Å². The van der Waals surface area contributed by atoms with E-state index in [4.69, 9.17) is 14.2 Å². The summed E-state index contributed by atoms with van der Waals surface area (Å²) < 4.78 is 17.7. The Kier molecular flexibility index (Phi) is 9.88. The highest BCUT2D eigenvalue weighted by molar-refractivity contribution is 6.25. The SMILES string of the molecule is CCC(=O)O[C@@H]1[C@@H]2C(=C(O)[C@@]3(O)C(=O)C(C(=O)NCN4CCOCC4)=C(O)[C@H](N(C)C)[C@@H]13)C(=O)c1c(O)cccc1[C@H]2COC1CCCC1. The number of benzene rings is 1. The van der Waals surface area contributed by atoms with Crippen molar-refractivity contribution in [2.45, 2.75) is 68.8 Å². The summed E-state index contributed by atoms with van der Waals surface area (Å²) in [6.07, 6.45) is 2.04. The van der Waals surface area contributed by atoms with Crippen molar-refractivity contribution in [2.75, 3.05) is 53.7 Å². The number of aliphatic hydroxyl groups excluding tert-OH is 2. The predicted molar refractivity (Wildman–Crippen MR) is 173 cm³/mol. The number of carbonyl (C=O) groups excluding carboxylic acids is 4. The van der Waals surface area contributed by atoms with Crippen molar-refractivity contribution in [3.8, 4) is 5.75 Å². The highest BCUT2D eigenvalue weighted by atomic mass is 16.5. The van der Waals surface area contributed by atoms with Crippen LogP contribution in [0.2, 0.25) is 0 Å². The number of aromatic hydroxyl groups is 1. The number of fused-ring (bicyclic) bond motifs is 3. The van der Waals surface area contributed by atoms with E-state index in [1.165, 1.54) is 11.0 Å². The Balaban J connectivity index is 1.51. The molecule has 0 spiro atoms. The first kappa shape index (κ1) is 35.0. The molecule has 1 saturated carbocycles. The average molecular weight is 684 g/mol. The number of ether oxygens (including phenoxy) is 3. The van der Waals surface area contributed by atoms with Crippen LogP contribution >= 0.6 is 0 Å². The molecule has 1 heterocycles. The van der Waals surface area contributed by atoms with Gasteiger partial charge in [0, 0.05) is 36.9 Å². The minimum absolute atomic E-state index is 0.0127. The maximum atomic E-state index is 14.4. The van der Waals surface area contributed by atoms with Gasteiger partial charge in [-0.2, -0.15) is 0 Å². The quantitative estimate of drug-likeness (QED) is 0.186. The normalized spacial score (nSPS) is 30.7. The number of likely N-dealkylation sites (N-methyl/N-ethyl adjacent to an activating group) is 1. The van der Waals surface area contributed by atoms with Gasteiger partial charge in [-0.15, -0.1) is 0 Å². The van der Waals surface area contributed by atoms with Gasteiger partial charge >= 0.3 is 5.97 Å². The number of phenols is 1. The maximum absolute atomic E-state index is 14.4. The zero-order chi connectivity index (χ0) is 35.2. The number of ketones is 2. The molecule has 49 heavy (non-hydrogen) atoms. The van der Waals surface area contributed by atoms with Crippen molar-refractivity contribution in [3.63, 3.8) is 0 Å². The third-order valence-corrected chi connectivity index (χ3v) is 10.7. The molecule has 4 aliphatic carbocycles. The lowest BCUT2D eigenvalue weighted by Crippen LogP contribution is -2.69. The first-order chi connectivity index (χ1) is 23.4. The Morgan fingerprint density at radius 2 is 1.80 bits per heavy atom. The van der Waals surface area contributed by atoms with Crippen molar-refractivity contribution >= 4 is 23.4 Å². The van der Waals surface area contributed by atoms with Gasteiger partial charge in [0.2, 0.25) is 5.78 Å². The van der Waals surface area contributed by atoms with Crippen LogP contribution in [0.1, 0.15) is 60.9 Å². The number of nitrogens with one attached hydrogen (secondary N) is 1. The lowest BCUT2D eigenvalue weighted by Gasteiger charge is -2.54. The van der Waals surface area contributed by atoms with Gasteiger partial charge in [-0.25, -0.2) is 0 Å². The van der Waals surface area contributed by atoms with Gasteiger partial charge in [0.05, 0.1) is 50.1 Å². The zero-order valence-electron chi connectivity index (χ0n) is 28.0. The van der Waals surface area contributed by atoms with Crippen LogP contribution in [-0.2, 0) is 28.6 Å². The number of hydrogen-bond acceptors (Lipinski definition) is 13. The van der Waals surface area contributed by atoms with Crippen LogP contribution < -0.4 is 5.32 Å². The van der Waals surface area contributed by atoms with Gasteiger partial charge in [0.25, 0.3) is 5.91 Å². The molecule has 0 radical (unpaired) electrons. The second-order valence-corrected chi connectivity index (χ2v) is 13.7. The number of morpholine rings is 1. The number of amides is 1. The molecule has 1 amide bonds. The van der Waals surface area contributed by atoms with Crippen LogP contribution in [0.15, 0.2) is 40.9 Å². The largest absolute Gasteiger partial charge is 0.510 e. The summed E-state index contributed by atoms with van der Waals surface area (Å²) in [6, 6.07) is 3.23. The van der Waals surface area contributed by atoms with E-state index in [0.717, 1.165) is 25.7 Å². The molecule has 266 valence electrons. The highest BCUT2D eigenvalue weighted by Crippen LogP contribution is 2.56. The zero-order valence-corrected chi connectivity index (χ0v) is 28.0. The smallest absolute Gasteiger partial charge is 0.305 e. The molecular formula is C35H45N3O11. The Morgan fingerprint density at radius 1 is 1.10 bits per heavy atom. The Morgan fingerprint density at radius 3 is 2.45 bits per heavy atom. The molecule has 2 fully saturated rings. The van der Waals surface area contributed by atoms with E-state index < -0.39 is 81.6 Å². The van der Waals surface area contributed by atoms with Crippen molar-refractivity contribution in [1.29, 1.82) is 0 Å². The average Bonchev–Trinajstić information content (AvgIpc) is 3.60. The molecule has 1 aromatic carbocycles. The molecular weight excluding hydrogens is 638 g/mol. The van der Waals surface area contributed by atoms with Gasteiger partial charge in [-0.3, -0.25) is 29.0 Å². The van der Waals surface area contributed by atoms with Gasteiger partial charge in [0.15, 0.2) is 11.4 Å². The van der Waals surface area contributed by atoms with E-state index in [1.54, 1.807) is 33.2 Å². The van der Waals surface area contributed by atoms with Gasteiger partial charge in [-0.05, 0) is 38.6 Å². The second-order valence-electron chi connectivity index (χ2n) is 13.7. The molecule has 0 unspecified atom stereocenters. The number of rotatable bonds is 9. The number of hydrogen-bond donors (Lipinski definition) is 5. The summed E-state index contributed by atoms with van der Waals surface area (Å²) in [7, 11) is 3.10. The number of aliphatic hydroxyl groups is 3. The lowest BCUT2D eigenvalue weighted by atomic mass is 9.55. The van der Waals surface area contributed by atoms with E-state index in [9.17, 15) is 39.6 Å². The molecule has 1 saturated heterocycles. The number of phenolic OH excluding ortho intramolecular Hbond substituents is 1. The summed E-state index contributed by atoms with van der Waals surface area (Å²) in [5.41, 5.74) is -3.91. The van der Waals surface area contributed by atoms with Crippen LogP contribution in [0.5, 0.6) is 5.75 Å². The molecule has 0 aromatic heterocycles. The van der Waals surface area contributed by atoms with Crippen LogP contribution in [0.4, 0.5) is 0 Å². The molecule has 0 bridgehead atoms. The van der Waals surface area contributed by atoms with E-state index in [1.807, 2.05) is 4.90 Å². The molecule has 6 atom stereocenters. The topological polar surface area (TPSA) is 195 Å². The molecule has 6 rings (SSSR count). The highest BCUT2D eigenvalue weighted by Gasteiger charge is 2.69. The second kappa shape index (κ2) is 13.8. The fourth-order valence-corrected chi connectivity index (χ4v) is 8.26. The predicted octanol–water partition coefficient (Wildman–Crippen LogP) is 1.47. The van der Waals surface area contributed by atoms with Gasteiger partial charge in [0.1, 0.15) is 28.9 Å². The summed E-state index contributed by atoms with van der Waals surface area (Å²) in [6.45, 7) is 3.54. The summed E-state index contributed by atoms with van der Waals surface area (Å²) in [4.78, 5) is 58.9. The number of nitrogens with zero attached hydrogens (tertiary/aromatic N) is 2. The molecule has 1 aliphatic heterocycles.